The van der Waals surface area contributed by atoms with Gasteiger partial charge in [0, 0.05) is 32.2 Å². The van der Waals surface area contributed by atoms with Crippen LogP contribution in [-0.4, -0.2) is 24.6 Å². The zero-order valence-corrected chi connectivity index (χ0v) is 22.6. The minimum Gasteiger partial charge on any atom is -0.294 e. The van der Waals surface area contributed by atoms with Gasteiger partial charge in [-0.05, 0) is 60.9 Å². The Morgan fingerprint density at radius 3 is 2.41 bits per heavy atom. The number of para-hydroxylation sites is 3. The molecule has 0 saturated heterocycles. The van der Waals surface area contributed by atoms with Gasteiger partial charge >= 0.3 is 0 Å². The average Bonchev–Trinajstić information content (AvgIpc) is 3.57. The predicted molar refractivity (Wildman–Crippen MR) is 165 cm³/mol. The monoisotopic (exact) mass is 532 g/mol. The maximum atomic E-state index is 7.97. The van der Waals surface area contributed by atoms with E-state index in [4.69, 9.17) is 13.2 Å². The van der Waals surface area contributed by atoms with Crippen molar-refractivity contribution in [1.29, 1.82) is 0 Å². The Bertz CT molecular complexity index is 2090. The summed E-state index contributed by atoms with van der Waals surface area (Å²) in [4.78, 5) is 10.5. The Morgan fingerprint density at radius 1 is 0.744 bits per heavy atom. The second-order valence-electron chi connectivity index (χ2n) is 10.3. The molecular weight excluding hydrogens is 496 g/mol. The third kappa shape index (κ3) is 3.75. The van der Waals surface area contributed by atoms with Crippen molar-refractivity contribution in [3.05, 3.63) is 115 Å². The predicted octanol–water partition coefficient (Wildman–Crippen LogP) is 6.74. The number of hydroxylamine groups is 1. The topological polar surface area (TPSA) is 33.5 Å². The third-order valence-corrected chi connectivity index (χ3v) is 11.2. The third-order valence-electron chi connectivity index (χ3n) is 7.66. The number of fused-ring (bicyclic) bond motifs is 4. The highest BCUT2D eigenvalue weighted by molar-refractivity contribution is 7.00. The van der Waals surface area contributed by atoms with Gasteiger partial charge in [-0.2, -0.15) is 5.06 Å². The van der Waals surface area contributed by atoms with Gasteiger partial charge in [-0.25, -0.2) is 10.0 Å². The molecule has 0 bridgehead atoms. The fraction of sp³-hybridized carbons (Fsp3) is 0.121. The molecule has 2 aromatic heterocycles. The normalized spacial score (nSPS) is 16.4. The molecule has 5 nitrogen and oxygen atoms in total. The Kier molecular flexibility index (Phi) is 4.07. The molecule has 39 heavy (non-hydrogen) atoms. The number of aryl methyl sites for hydroxylation is 1. The molecule has 0 unspecified atom stereocenters. The van der Waals surface area contributed by atoms with Crippen LogP contribution in [-0.2, 0) is 4.94 Å². The second-order valence-corrected chi connectivity index (χ2v) is 14.7. The highest BCUT2D eigenvalue weighted by Crippen LogP contribution is 2.40. The van der Waals surface area contributed by atoms with Crippen molar-refractivity contribution in [3.8, 4) is 5.82 Å². The largest absolute Gasteiger partial charge is 0.294 e. The van der Waals surface area contributed by atoms with Gasteiger partial charge in [0.2, 0.25) is 0 Å². The van der Waals surface area contributed by atoms with Crippen LogP contribution in [0.25, 0.3) is 27.6 Å². The Hall–Kier alpha value is -4.39. The number of benzene rings is 4. The lowest BCUT2D eigenvalue weighted by Gasteiger charge is -2.26. The van der Waals surface area contributed by atoms with Crippen molar-refractivity contribution in [2.45, 2.75) is 19.9 Å². The van der Waals surface area contributed by atoms with E-state index in [1.54, 1.807) is 35.5 Å². The molecule has 0 amide bonds. The first-order chi connectivity index (χ1) is 21.3. The van der Waals surface area contributed by atoms with Crippen LogP contribution in [0.1, 0.15) is 13.8 Å². The lowest BCUT2D eigenvalue weighted by atomic mass is 10.1. The summed E-state index contributed by atoms with van der Waals surface area (Å²) in [7, 11) is -2.34. The molecule has 1 aliphatic rings. The van der Waals surface area contributed by atoms with Crippen LogP contribution in [0.3, 0.4) is 0 Å². The quantitative estimate of drug-likeness (QED) is 0.235. The number of rotatable bonds is 4. The molecule has 0 radical (unpaired) electrons. The van der Waals surface area contributed by atoms with Gasteiger partial charge in [-0.1, -0.05) is 78.1 Å². The van der Waals surface area contributed by atoms with Crippen LogP contribution in [0.4, 0.5) is 17.1 Å². The van der Waals surface area contributed by atoms with Gasteiger partial charge in [0.1, 0.15) is 13.9 Å². The van der Waals surface area contributed by atoms with Crippen LogP contribution < -0.4 is 20.5 Å². The molecule has 0 aliphatic carbocycles. The van der Waals surface area contributed by atoms with Gasteiger partial charge in [0.25, 0.3) is 0 Å². The molecule has 0 N–H and O–H groups in total. The molecule has 0 atom stereocenters. The van der Waals surface area contributed by atoms with Gasteiger partial charge in [0.05, 0.1) is 28.1 Å². The van der Waals surface area contributed by atoms with E-state index in [2.05, 4.69) is 54.5 Å². The smallest absolute Gasteiger partial charge is 0.137 e. The van der Waals surface area contributed by atoms with Crippen LogP contribution in [0.15, 0.2) is 109 Å². The number of nitrogens with zero attached hydrogens (tertiary/aromatic N) is 4. The Balaban J connectivity index is 1.34. The van der Waals surface area contributed by atoms with E-state index >= 15 is 0 Å². The molecule has 1 aliphatic heterocycles. The number of anilines is 3. The van der Waals surface area contributed by atoms with Crippen molar-refractivity contribution in [1.82, 2.24) is 9.55 Å². The fourth-order valence-corrected chi connectivity index (χ4v) is 7.85. The summed E-state index contributed by atoms with van der Waals surface area (Å²) in [6.07, 6.45) is 1.55. The van der Waals surface area contributed by atoms with Gasteiger partial charge in [0.15, 0.2) is 0 Å². The van der Waals surface area contributed by atoms with E-state index in [1.165, 1.54) is 5.19 Å². The SMILES string of the molecule is [2H]C([2H])([2H])c1ccnc(-n2c3ccccc3c3ccc([Si](C)(C)c4cccc(N5ON(C([2H])([2H])[2H])c6ccccc65)c4)cc32)c1. The highest BCUT2D eigenvalue weighted by Gasteiger charge is 2.30. The maximum absolute atomic E-state index is 7.97. The fourth-order valence-electron chi connectivity index (χ4n) is 5.50. The minimum absolute atomic E-state index is 0.240. The van der Waals surface area contributed by atoms with Crippen LogP contribution >= 0.6 is 0 Å². The first-order valence-electron chi connectivity index (χ1n) is 15.8. The summed E-state index contributed by atoms with van der Waals surface area (Å²) >= 11 is 0. The summed E-state index contributed by atoms with van der Waals surface area (Å²) in [5, 5.41) is 6.97. The number of hydrogen-bond acceptors (Lipinski definition) is 4. The van der Waals surface area contributed by atoms with E-state index in [0.717, 1.165) is 37.7 Å². The first kappa shape index (κ1) is 18.0. The number of pyridine rings is 1. The summed E-state index contributed by atoms with van der Waals surface area (Å²) in [6, 6.07) is 33.1. The standard InChI is InChI=1S/C33H30N4OSi/c1-23-18-19-34-33(20-23)36-29-13-6-5-12-27(29)28-17-16-26(22-32(28)36)39(3,4)25-11-9-10-24(21-25)37-31-15-8-7-14-30(31)35(2)38-37/h5-22H,1-4H3/i1D3,2D3. The molecule has 3 heterocycles. The summed E-state index contributed by atoms with van der Waals surface area (Å²) in [5.74, 6) is 0.553. The molecule has 0 spiro atoms. The van der Waals surface area contributed by atoms with Crippen molar-refractivity contribution in [2.75, 3.05) is 17.1 Å². The van der Waals surface area contributed by atoms with E-state index in [1.807, 2.05) is 47.0 Å². The Morgan fingerprint density at radius 2 is 1.54 bits per heavy atom. The van der Waals surface area contributed by atoms with E-state index < -0.39 is 21.9 Å². The zero-order chi connectivity index (χ0) is 31.7. The van der Waals surface area contributed by atoms with Crippen molar-refractivity contribution in [2.24, 2.45) is 0 Å². The van der Waals surface area contributed by atoms with Gasteiger partial charge in [-0.3, -0.25) is 4.57 Å². The molecule has 6 heteroatoms. The first-order valence-corrected chi connectivity index (χ1v) is 15.8. The van der Waals surface area contributed by atoms with Crippen LogP contribution in [0, 0.1) is 6.85 Å². The molecule has 7 rings (SSSR count). The van der Waals surface area contributed by atoms with E-state index in [9.17, 15) is 0 Å². The Labute approximate surface area is 237 Å². The molecular formula is C33H30N4OSi. The molecule has 0 saturated carbocycles. The zero-order valence-electron chi connectivity index (χ0n) is 27.6. The number of aromatic nitrogens is 2. The van der Waals surface area contributed by atoms with Crippen LogP contribution in [0.5, 0.6) is 0 Å². The number of hydrogen-bond donors (Lipinski definition) is 0. The van der Waals surface area contributed by atoms with Gasteiger partial charge < -0.3 is 0 Å². The lowest BCUT2D eigenvalue weighted by molar-refractivity contribution is 0.142. The van der Waals surface area contributed by atoms with Crippen molar-refractivity contribution in [3.63, 3.8) is 0 Å². The van der Waals surface area contributed by atoms with Crippen molar-refractivity contribution < 1.29 is 13.2 Å². The summed E-state index contributed by atoms with van der Waals surface area (Å²) in [5.41, 5.74) is 4.00. The minimum atomic E-state index is -2.47. The maximum Gasteiger partial charge on any atom is 0.137 e. The lowest BCUT2D eigenvalue weighted by Crippen LogP contribution is -2.52. The highest BCUT2D eigenvalue weighted by atomic mass is 28.3. The summed E-state index contributed by atoms with van der Waals surface area (Å²) < 4.78 is 49.8. The van der Waals surface area contributed by atoms with Crippen molar-refractivity contribution >= 4 is 57.3 Å². The molecule has 6 aromatic rings. The van der Waals surface area contributed by atoms with E-state index in [0.29, 0.717) is 17.2 Å². The van der Waals surface area contributed by atoms with E-state index in [-0.39, 0.29) is 5.56 Å². The average molecular weight is 533 g/mol. The molecule has 4 aromatic carbocycles. The molecule has 0 fully saturated rings. The summed E-state index contributed by atoms with van der Waals surface area (Å²) in [6.45, 7) is -0.160. The van der Waals surface area contributed by atoms with Gasteiger partial charge in [-0.15, -0.1) is 4.94 Å². The van der Waals surface area contributed by atoms with Crippen LogP contribution in [0.2, 0.25) is 13.1 Å². The molecule has 192 valence electrons. The second kappa shape index (κ2) is 8.83.